The standard InChI is InChI=1S/C16H19FO/c1-3-8-15(17)12-16(9-4-2)18-13-14-10-6-5-7-11-14/h1,5-7,9-11,15H,4,8,12-13H2,2H3/b16-9+. The third-order valence-electron chi connectivity index (χ3n) is 2.46. The van der Waals surface area contributed by atoms with Gasteiger partial charge >= 0.3 is 0 Å². The monoisotopic (exact) mass is 246 g/mol. The van der Waals surface area contributed by atoms with E-state index in [2.05, 4.69) is 5.92 Å². The number of hydrogen-bond donors (Lipinski definition) is 0. The Hall–Kier alpha value is -1.75. The van der Waals surface area contributed by atoms with Crippen molar-refractivity contribution in [3.05, 3.63) is 47.7 Å². The fraction of sp³-hybridized carbons (Fsp3) is 0.375. The lowest BCUT2D eigenvalue weighted by atomic mass is 10.1. The number of alkyl halides is 1. The quantitative estimate of drug-likeness (QED) is 0.516. The molecule has 0 bridgehead atoms. The Balaban J connectivity index is 2.49. The van der Waals surface area contributed by atoms with E-state index in [9.17, 15) is 4.39 Å². The van der Waals surface area contributed by atoms with Crippen molar-refractivity contribution in [1.82, 2.24) is 0 Å². The molecule has 0 saturated carbocycles. The molecule has 0 saturated heterocycles. The van der Waals surface area contributed by atoms with Gasteiger partial charge in [0.1, 0.15) is 12.8 Å². The van der Waals surface area contributed by atoms with Crippen molar-refractivity contribution in [2.45, 2.75) is 39.0 Å². The highest BCUT2D eigenvalue weighted by molar-refractivity contribution is 5.14. The Bertz CT molecular complexity index is 403. The molecule has 0 fully saturated rings. The lowest BCUT2D eigenvalue weighted by Crippen LogP contribution is -2.04. The maximum Gasteiger partial charge on any atom is 0.118 e. The van der Waals surface area contributed by atoms with E-state index in [0.717, 1.165) is 12.0 Å². The SMILES string of the molecule is C#CCC(F)C/C(=C\CC)OCc1ccccc1. The zero-order valence-electron chi connectivity index (χ0n) is 10.7. The van der Waals surface area contributed by atoms with E-state index in [4.69, 9.17) is 11.2 Å². The zero-order valence-corrected chi connectivity index (χ0v) is 10.7. The average molecular weight is 246 g/mol. The Morgan fingerprint density at radius 3 is 2.78 bits per heavy atom. The van der Waals surface area contributed by atoms with E-state index < -0.39 is 6.17 Å². The van der Waals surface area contributed by atoms with Crippen molar-refractivity contribution < 1.29 is 9.13 Å². The summed E-state index contributed by atoms with van der Waals surface area (Å²) in [6.45, 7) is 2.47. The van der Waals surface area contributed by atoms with E-state index in [-0.39, 0.29) is 12.8 Å². The first-order chi connectivity index (χ1) is 8.76. The summed E-state index contributed by atoms with van der Waals surface area (Å²) in [5, 5.41) is 0. The molecule has 0 aliphatic rings. The van der Waals surface area contributed by atoms with Gasteiger partial charge in [-0.25, -0.2) is 4.39 Å². The maximum absolute atomic E-state index is 13.4. The molecule has 0 N–H and O–H groups in total. The fourth-order valence-electron chi connectivity index (χ4n) is 1.60. The number of halogens is 1. The van der Waals surface area contributed by atoms with Crippen molar-refractivity contribution >= 4 is 0 Å². The molecule has 1 rings (SSSR count). The zero-order chi connectivity index (χ0) is 13.2. The van der Waals surface area contributed by atoms with Gasteiger partial charge in [-0.15, -0.1) is 12.3 Å². The van der Waals surface area contributed by atoms with Gasteiger partial charge in [-0.2, -0.15) is 0 Å². The second-order valence-corrected chi connectivity index (χ2v) is 4.06. The lowest BCUT2D eigenvalue weighted by Gasteiger charge is -2.12. The first-order valence-electron chi connectivity index (χ1n) is 6.19. The van der Waals surface area contributed by atoms with Crippen molar-refractivity contribution in [1.29, 1.82) is 0 Å². The summed E-state index contributed by atoms with van der Waals surface area (Å²) in [7, 11) is 0. The van der Waals surface area contributed by atoms with Gasteiger partial charge in [-0.05, 0) is 18.1 Å². The molecular weight excluding hydrogens is 227 g/mol. The number of allylic oxidation sites excluding steroid dienone is 2. The minimum absolute atomic E-state index is 0.135. The third kappa shape index (κ3) is 5.54. The summed E-state index contributed by atoms with van der Waals surface area (Å²) in [5.41, 5.74) is 1.08. The molecule has 1 unspecified atom stereocenters. The van der Waals surface area contributed by atoms with E-state index in [1.54, 1.807) is 0 Å². The average Bonchev–Trinajstić information content (AvgIpc) is 2.38. The third-order valence-corrected chi connectivity index (χ3v) is 2.46. The predicted octanol–water partition coefficient (Wildman–Crippen LogP) is 4.25. The predicted molar refractivity (Wildman–Crippen MR) is 72.6 cm³/mol. The second-order valence-electron chi connectivity index (χ2n) is 4.06. The van der Waals surface area contributed by atoms with Gasteiger partial charge in [0.25, 0.3) is 0 Å². The van der Waals surface area contributed by atoms with Gasteiger partial charge in [0.05, 0.1) is 5.76 Å². The number of ether oxygens (including phenoxy) is 1. The number of benzene rings is 1. The van der Waals surface area contributed by atoms with Crippen LogP contribution in [0.15, 0.2) is 42.2 Å². The van der Waals surface area contributed by atoms with Crippen LogP contribution >= 0.6 is 0 Å². The molecule has 0 aliphatic heterocycles. The molecule has 1 aromatic rings. The van der Waals surface area contributed by atoms with E-state index >= 15 is 0 Å². The van der Waals surface area contributed by atoms with Gasteiger partial charge in [-0.1, -0.05) is 37.3 Å². The maximum atomic E-state index is 13.4. The smallest absolute Gasteiger partial charge is 0.118 e. The van der Waals surface area contributed by atoms with Crippen LogP contribution in [-0.2, 0) is 11.3 Å². The summed E-state index contributed by atoms with van der Waals surface area (Å²) in [6.07, 6.45) is 7.19. The summed E-state index contributed by atoms with van der Waals surface area (Å²) in [4.78, 5) is 0. The van der Waals surface area contributed by atoms with Crippen LogP contribution in [0.3, 0.4) is 0 Å². The summed E-state index contributed by atoms with van der Waals surface area (Å²) >= 11 is 0. The van der Waals surface area contributed by atoms with E-state index in [1.165, 1.54) is 0 Å². The van der Waals surface area contributed by atoms with E-state index in [0.29, 0.717) is 12.4 Å². The number of hydrogen-bond acceptors (Lipinski definition) is 1. The molecule has 1 aromatic carbocycles. The summed E-state index contributed by atoms with van der Waals surface area (Å²) in [6, 6.07) is 9.84. The number of rotatable bonds is 7. The van der Waals surface area contributed by atoms with Crippen LogP contribution in [0.1, 0.15) is 31.7 Å². The number of terminal acetylenes is 1. The van der Waals surface area contributed by atoms with Gasteiger partial charge in [0, 0.05) is 12.8 Å². The normalized spacial score (nSPS) is 12.8. The van der Waals surface area contributed by atoms with Gasteiger partial charge < -0.3 is 4.74 Å². The second kappa shape index (κ2) is 8.36. The molecule has 1 nitrogen and oxygen atoms in total. The Labute approximate surface area is 109 Å². The molecule has 18 heavy (non-hydrogen) atoms. The van der Waals surface area contributed by atoms with Gasteiger partial charge in [0.15, 0.2) is 0 Å². The highest BCUT2D eigenvalue weighted by atomic mass is 19.1. The van der Waals surface area contributed by atoms with E-state index in [1.807, 2.05) is 43.3 Å². The van der Waals surface area contributed by atoms with Crippen molar-refractivity contribution in [2.75, 3.05) is 0 Å². The topological polar surface area (TPSA) is 9.23 Å². The molecule has 2 heteroatoms. The molecule has 0 radical (unpaired) electrons. The van der Waals surface area contributed by atoms with Gasteiger partial charge in [0.2, 0.25) is 0 Å². The highest BCUT2D eigenvalue weighted by Gasteiger charge is 2.09. The van der Waals surface area contributed by atoms with Crippen LogP contribution in [0.2, 0.25) is 0 Å². The van der Waals surface area contributed by atoms with Crippen LogP contribution in [0.5, 0.6) is 0 Å². The molecule has 0 aliphatic carbocycles. The molecule has 0 aromatic heterocycles. The van der Waals surface area contributed by atoms with Crippen molar-refractivity contribution in [3.63, 3.8) is 0 Å². The van der Waals surface area contributed by atoms with Gasteiger partial charge in [-0.3, -0.25) is 0 Å². The minimum atomic E-state index is -1.02. The highest BCUT2D eigenvalue weighted by Crippen LogP contribution is 2.15. The molecule has 0 amide bonds. The Morgan fingerprint density at radius 1 is 1.44 bits per heavy atom. The summed E-state index contributed by atoms with van der Waals surface area (Å²) in [5.74, 6) is 3.02. The van der Waals surface area contributed by atoms with Crippen LogP contribution in [0.25, 0.3) is 0 Å². The molecule has 1 atom stereocenters. The first-order valence-corrected chi connectivity index (χ1v) is 6.19. The van der Waals surface area contributed by atoms with Crippen LogP contribution < -0.4 is 0 Å². The molecule has 0 heterocycles. The minimum Gasteiger partial charge on any atom is -0.493 e. The first kappa shape index (κ1) is 14.3. The largest absolute Gasteiger partial charge is 0.493 e. The fourth-order valence-corrected chi connectivity index (χ4v) is 1.60. The Morgan fingerprint density at radius 2 is 2.17 bits per heavy atom. The molecule has 0 spiro atoms. The van der Waals surface area contributed by atoms with Crippen LogP contribution in [0.4, 0.5) is 4.39 Å². The van der Waals surface area contributed by atoms with Crippen molar-refractivity contribution in [2.24, 2.45) is 0 Å². The lowest BCUT2D eigenvalue weighted by molar-refractivity contribution is 0.168. The van der Waals surface area contributed by atoms with Crippen LogP contribution in [-0.4, -0.2) is 6.17 Å². The molecule has 96 valence electrons. The van der Waals surface area contributed by atoms with Crippen molar-refractivity contribution in [3.8, 4) is 12.3 Å². The summed E-state index contributed by atoms with van der Waals surface area (Å²) < 4.78 is 19.1. The molecular formula is C16H19FO. The van der Waals surface area contributed by atoms with Crippen LogP contribution in [0, 0.1) is 12.3 Å². The Kier molecular flexibility index (Phi) is 6.64.